The van der Waals surface area contributed by atoms with Gasteiger partial charge in [-0.15, -0.1) is 11.3 Å². The van der Waals surface area contributed by atoms with Crippen LogP contribution in [0.15, 0.2) is 48.1 Å². The fourth-order valence-corrected chi connectivity index (χ4v) is 2.69. The van der Waals surface area contributed by atoms with E-state index in [1.165, 1.54) is 17.4 Å². The molecule has 0 aliphatic rings. The van der Waals surface area contributed by atoms with Crippen LogP contribution in [0.3, 0.4) is 0 Å². The summed E-state index contributed by atoms with van der Waals surface area (Å²) >= 11 is 7.22. The van der Waals surface area contributed by atoms with Crippen molar-refractivity contribution in [3.05, 3.63) is 64.5 Å². The number of benzene rings is 1. The van der Waals surface area contributed by atoms with Gasteiger partial charge >= 0.3 is 0 Å². The Labute approximate surface area is 130 Å². The maximum absolute atomic E-state index is 13.1. The lowest BCUT2D eigenvalue weighted by molar-refractivity contribution is 0.296. The van der Waals surface area contributed by atoms with E-state index in [1.807, 2.05) is 17.5 Å². The fraction of sp³-hybridized carbons (Fsp3) is 0.0667. The number of pyridine rings is 1. The SMILES string of the molecule is Fc1ccc(COc2csc(-c3ccncc3)n2)cc1Cl. The van der Waals surface area contributed by atoms with Crippen molar-refractivity contribution in [2.24, 2.45) is 0 Å². The van der Waals surface area contributed by atoms with Gasteiger partial charge in [0.15, 0.2) is 0 Å². The molecular weight excluding hydrogens is 311 g/mol. The van der Waals surface area contributed by atoms with E-state index in [2.05, 4.69) is 9.97 Å². The maximum Gasteiger partial charge on any atom is 0.225 e. The van der Waals surface area contributed by atoms with Crippen LogP contribution < -0.4 is 4.74 Å². The molecule has 0 atom stereocenters. The molecule has 0 saturated heterocycles. The zero-order chi connectivity index (χ0) is 14.7. The monoisotopic (exact) mass is 320 g/mol. The lowest BCUT2D eigenvalue weighted by Crippen LogP contribution is -1.96. The Kier molecular flexibility index (Phi) is 4.13. The van der Waals surface area contributed by atoms with Crippen molar-refractivity contribution < 1.29 is 9.13 Å². The third-order valence-corrected chi connectivity index (χ3v) is 3.94. The molecule has 3 nitrogen and oxygen atoms in total. The van der Waals surface area contributed by atoms with Crippen LogP contribution >= 0.6 is 22.9 Å². The van der Waals surface area contributed by atoms with Gasteiger partial charge in [0.1, 0.15) is 17.4 Å². The van der Waals surface area contributed by atoms with Crippen molar-refractivity contribution in [2.45, 2.75) is 6.61 Å². The topological polar surface area (TPSA) is 35.0 Å². The molecule has 0 unspecified atom stereocenters. The summed E-state index contributed by atoms with van der Waals surface area (Å²) in [6.45, 7) is 0.291. The molecule has 2 aromatic heterocycles. The van der Waals surface area contributed by atoms with Crippen LogP contribution in [0, 0.1) is 5.82 Å². The molecule has 0 N–H and O–H groups in total. The second-order valence-electron chi connectivity index (χ2n) is 4.26. The molecule has 2 heterocycles. The van der Waals surface area contributed by atoms with Crippen molar-refractivity contribution >= 4 is 22.9 Å². The number of nitrogens with zero attached hydrogens (tertiary/aromatic N) is 2. The van der Waals surface area contributed by atoms with Gasteiger partial charge in [0, 0.05) is 18.0 Å². The predicted octanol–water partition coefficient (Wildman–Crippen LogP) is 4.58. The van der Waals surface area contributed by atoms with Gasteiger partial charge < -0.3 is 4.74 Å². The minimum Gasteiger partial charge on any atom is -0.472 e. The van der Waals surface area contributed by atoms with E-state index in [0.717, 1.165) is 16.1 Å². The summed E-state index contributed by atoms with van der Waals surface area (Å²) in [5.41, 5.74) is 1.79. The highest BCUT2D eigenvalue weighted by Gasteiger charge is 2.06. The molecule has 0 aliphatic heterocycles. The van der Waals surface area contributed by atoms with Gasteiger partial charge in [-0.25, -0.2) is 9.37 Å². The highest BCUT2D eigenvalue weighted by Crippen LogP contribution is 2.27. The Morgan fingerprint density at radius 3 is 2.76 bits per heavy atom. The minimum absolute atomic E-state index is 0.0897. The number of rotatable bonds is 4. The quantitative estimate of drug-likeness (QED) is 0.706. The molecule has 3 aromatic rings. The number of hydrogen-bond acceptors (Lipinski definition) is 4. The fourth-order valence-electron chi connectivity index (χ4n) is 1.74. The molecule has 3 rings (SSSR count). The van der Waals surface area contributed by atoms with Crippen LogP contribution in [-0.4, -0.2) is 9.97 Å². The summed E-state index contributed by atoms with van der Waals surface area (Å²) in [5, 5.41) is 2.79. The summed E-state index contributed by atoms with van der Waals surface area (Å²) in [7, 11) is 0. The third-order valence-electron chi connectivity index (χ3n) is 2.78. The standard InChI is InChI=1S/C15H10ClFN2OS/c16-12-7-10(1-2-13(12)17)8-20-14-9-21-15(19-14)11-3-5-18-6-4-11/h1-7,9H,8H2. The second-order valence-corrected chi connectivity index (χ2v) is 5.53. The van der Waals surface area contributed by atoms with Gasteiger partial charge in [-0.05, 0) is 29.8 Å². The zero-order valence-electron chi connectivity index (χ0n) is 10.8. The Morgan fingerprint density at radius 2 is 2.00 bits per heavy atom. The molecule has 0 radical (unpaired) electrons. The van der Waals surface area contributed by atoms with Crippen molar-refractivity contribution in [3.8, 4) is 16.5 Å². The Hall–Kier alpha value is -1.98. The van der Waals surface area contributed by atoms with E-state index >= 15 is 0 Å². The first-order valence-corrected chi connectivity index (χ1v) is 7.41. The zero-order valence-corrected chi connectivity index (χ0v) is 12.4. The van der Waals surface area contributed by atoms with Gasteiger partial charge in [-0.2, -0.15) is 0 Å². The van der Waals surface area contributed by atoms with Crippen LogP contribution in [0.4, 0.5) is 4.39 Å². The molecule has 0 aliphatic carbocycles. The molecule has 0 saturated carbocycles. The lowest BCUT2D eigenvalue weighted by Gasteiger charge is -2.03. The molecule has 1 aromatic carbocycles. The molecule has 0 amide bonds. The average Bonchev–Trinajstić information content (AvgIpc) is 2.98. The van der Waals surface area contributed by atoms with Crippen LogP contribution in [0.1, 0.15) is 5.56 Å². The van der Waals surface area contributed by atoms with E-state index in [-0.39, 0.29) is 5.02 Å². The second kappa shape index (κ2) is 6.20. The number of hydrogen-bond donors (Lipinski definition) is 0. The third kappa shape index (κ3) is 3.37. The molecule has 21 heavy (non-hydrogen) atoms. The van der Waals surface area contributed by atoms with E-state index in [9.17, 15) is 4.39 Å². The summed E-state index contributed by atoms with van der Waals surface area (Å²) in [5.74, 6) is 0.0984. The van der Waals surface area contributed by atoms with E-state index in [0.29, 0.717) is 12.5 Å². The first-order valence-electron chi connectivity index (χ1n) is 6.15. The molecule has 0 bridgehead atoms. The molecule has 0 fully saturated rings. The summed E-state index contributed by atoms with van der Waals surface area (Å²) in [6.07, 6.45) is 3.44. The van der Waals surface area contributed by atoms with Crippen LogP contribution in [-0.2, 0) is 6.61 Å². The van der Waals surface area contributed by atoms with Crippen LogP contribution in [0.2, 0.25) is 5.02 Å². The molecule has 6 heteroatoms. The Morgan fingerprint density at radius 1 is 1.19 bits per heavy atom. The van der Waals surface area contributed by atoms with Crippen molar-refractivity contribution in [2.75, 3.05) is 0 Å². The normalized spacial score (nSPS) is 10.6. The number of thiazole rings is 1. The average molecular weight is 321 g/mol. The van der Waals surface area contributed by atoms with Crippen molar-refractivity contribution in [3.63, 3.8) is 0 Å². The van der Waals surface area contributed by atoms with Gasteiger partial charge in [0.05, 0.1) is 10.4 Å². The minimum atomic E-state index is -0.436. The van der Waals surface area contributed by atoms with Gasteiger partial charge in [-0.3, -0.25) is 4.98 Å². The van der Waals surface area contributed by atoms with E-state index < -0.39 is 5.82 Å². The van der Waals surface area contributed by atoms with Gasteiger partial charge in [-0.1, -0.05) is 17.7 Å². The van der Waals surface area contributed by atoms with Crippen molar-refractivity contribution in [1.82, 2.24) is 9.97 Å². The summed E-state index contributed by atoms with van der Waals surface area (Å²) < 4.78 is 18.7. The lowest BCUT2D eigenvalue weighted by atomic mass is 10.2. The number of ether oxygens (including phenoxy) is 1. The van der Waals surface area contributed by atoms with Crippen LogP contribution in [0.25, 0.3) is 10.6 Å². The maximum atomic E-state index is 13.1. The Balaban J connectivity index is 1.69. The number of halogens is 2. The predicted molar refractivity (Wildman–Crippen MR) is 81.1 cm³/mol. The highest BCUT2D eigenvalue weighted by molar-refractivity contribution is 7.13. The molecule has 106 valence electrons. The van der Waals surface area contributed by atoms with E-state index in [4.69, 9.17) is 16.3 Å². The largest absolute Gasteiger partial charge is 0.472 e. The van der Waals surface area contributed by atoms with Gasteiger partial charge in [0.25, 0.3) is 0 Å². The molecule has 0 spiro atoms. The first kappa shape index (κ1) is 14.0. The first-order chi connectivity index (χ1) is 10.2. The molecular formula is C15H10ClFN2OS. The van der Waals surface area contributed by atoms with Crippen molar-refractivity contribution in [1.29, 1.82) is 0 Å². The Bertz CT molecular complexity index is 748. The number of aromatic nitrogens is 2. The van der Waals surface area contributed by atoms with E-state index in [1.54, 1.807) is 24.5 Å². The van der Waals surface area contributed by atoms with Crippen LogP contribution in [0.5, 0.6) is 5.88 Å². The summed E-state index contributed by atoms with van der Waals surface area (Å²) in [4.78, 5) is 8.37. The highest BCUT2D eigenvalue weighted by atomic mass is 35.5. The smallest absolute Gasteiger partial charge is 0.225 e. The van der Waals surface area contributed by atoms with Gasteiger partial charge in [0.2, 0.25) is 5.88 Å². The summed E-state index contributed by atoms with van der Waals surface area (Å²) in [6, 6.07) is 8.29.